The zero-order valence-electron chi connectivity index (χ0n) is 17.0. The Bertz CT molecular complexity index is 1050. The first-order chi connectivity index (χ1) is 15.4. The van der Waals surface area contributed by atoms with Crippen molar-refractivity contribution in [2.45, 2.75) is 30.5 Å². The zero-order chi connectivity index (χ0) is 26.1. The van der Waals surface area contributed by atoms with Crippen LogP contribution >= 0.6 is 0 Å². The number of β-amino-alcohol motifs (C(OH)–C–C–N with tert-alkyl or cyclic N) is 1. The fourth-order valence-corrected chi connectivity index (χ4v) is 5.29. The lowest BCUT2D eigenvalue weighted by atomic mass is 9.86. The van der Waals surface area contributed by atoms with Gasteiger partial charge in [0.15, 0.2) is 0 Å². The van der Waals surface area contributed by atoms with Crippen molar-refractivity contribution in [3.8, 4) is 0 Å². The van der Waals surface area contributed by atoms with E-state index in [2.05, 4.69) is 8.37 Å². The van der Waals surface area contributed by atoms with Crippen LogP contribution in [0.1, 0.15) is 0 Å². The van der Waals surface area contributed by atoms with Crippen LogP contribution in [-0.2, 0) is 49.0 Å². The quantitative estimate of drug-likeness (QED) is 0.124. The summed E-state index contributed by atoms with van der Waals surface area (Å²) in [5.74, 6) is -4.40. The summed E-state index contributed by atoms with van der Waals surface area (Å²) in [6, 6.07) is -1.67. The summed E-state index contributed by atoms with van der Waals surface area (Å²) in [6.07, 6.45) is -6.55. The Balaban J connectivity index is 2.41. The molecule has 0 aliphatic carbocycles. The molecule has 2 aliphatic heterocycles. The summed E-state index contributed by atoms with van der Waals surface area (Å²) < 4.78 is 110. The van der Waals surface area contributed by atoms with Gasteiger partial charge in [0.1, 0.15) is 6.10 Å². The molecule has 7 atom stereocenters. The number of aliphatic carboxylic acids is 1. The van der Waals surface area contributed by atoms with Gasteiger partial charge in [0.25, 0.3) is 0 Å². The van der Waals surface area contributed by atoms with E-state index in [1.807, 2.05) is 0 Å². The van der Waals surface area contributed by atoms with Crippen LogP contribution in [0, 0.1) is 11.8 Å². The topological polar surface area (TPSA) is 284 Å². The fraction of sp³-hybridized carbons (Fsp3) is 0.923. The van der Waals surface area contributed by atoms with Gasteiger partial charge >= 0.3 is 37.1 Å². The standard InChI is InChI=1S/C13H24N2O16S3/c16-9-3-15(2-7(11(9)17)13(18)19)1-6-10(5-30-33(23,24)25)29-4-8(14-32(20,21)22)12(6)31-34(26,27)28/h6-12,14,16-17H,1-5H2,(H,18,19)(H,20,21,22)(H,23,24,25)(H,26,27,28)/t6-,7?,8?,9-,10?,11+,12+/m0/s1. The van der Waals surface area contributed by atoms with Gasteiger partial charge in [-0.3, -0.25) is 23.4 Å². The lowest BCUT2D eigenvalue weighted by Gasteiger charge is -2.45. The van der Waals surface area contributed by atoms with Crippen molar-refractivity contribution in [1.29, 1.82) is 0 Å². The molecule has 0 saturated carbocycles. The maximum Gasteiger partial charge on any atom is 0.397 e. The van der Waals surface area contributed by atoms with Crippen molar-refractivity contribution in [2.75, 3.05) is 32.8 Å². The highest BCUT2D eigenvalue weighted by Gasteiger charge is 2.48. The van der Waals surface area contributed by atoms with Crippen molar-refractivity contribution >= 4 is 37.1 Å². The molecule has 2 rings (SSSR count). The molecule has 0 spiro atoms. The van der Waals surface area contributed by atoms with Crippen molar-refractivity contribution in [3.63, 3.8) is 0 Å². The van der Waals surface area contributed by atoms with E-state index in [4.69, 9.17) is 13.8 Å². The third-order valence-corrected chi connectivity index (χ3v) is 6.69. The summed E-state index contributed by atoms with van der Waals surface area (Å²) in [7, 11) is -15.3. The summed E-state index contributed by atoms with van der Waals surface area (Å²) in [6.45, 7) is -2.91. The van der Waals surface area contributed by atoms with Crippen LogP contribution in [0.3, 0.4) is 0 Å². The van der Waals surface area contributed by atoms with Crippen LogP contribution in [0.4, 0.5) is 0 Å². The maximum atomic E-state index is 11.4. The first-order valence-electron chi connectivity index (χ1n) is 9.31. The molecule has 2 fully saturated rings. The number of likely N-dealkylation sites (tertiary alicyclic amines) is 1. The largest absolute Gasteiger partial charge is 0.481 e. The van der Waals surface area contributed by atoms with Crippen molar-refractivity contribution in [1.82, 2.24) is 9.62 Å². The number of hydrogen-bond acceptors (Lipinski definition) is 13. The monoisotopic (exact) mass is 560 g/mol. The van der Waals surface area contributed by atoms with Gasteiger partial charge in [-0.1, -0.05) is 0 Å². The van der Waals surface area contributed by atoms with Crippen LogP contribution in [0.5, 0.6) is 0 Å². The average molecular weight is 561 g/mol. The number of carbonyl (C=O) groups is 1. The Labute approximate surface area is 194 Å². The summed E-state index contributed by atoms with van der Waals surface area (Å²) in [4.78, 5) is 12.6. The minimum atomic E-state index is -5.28. The van der Waals surface area contributed by atoms with Gasteiger partial charge in [0.2, 0.25) is 0 Å². The molecule has 0 aromatic rings. The number of aliphatic hydroxyl groups excluding tert-OH is 2. The molecule has 2 heterocycles. The Morgan fingerprint density at radius 1 is 1.03 bits per heavy atom. The first kappa shape index (κ1) is 29.2. The molecule has 0 radical (unpaired) electrons. The van der Waals surface area contributed by atoms with Crippen LogP contribution in [0.2, 0.25) is 0 Å². The Kier molecular flexibility index (Phi) is 9.34. The minimum absolute atomic E-state index is 0.359. The van der Waals surface area contributed by atoms with Crippen molar-refractivity contribution < 1.29 is 72.1 Å². The number of nitrogens with one attached hydrogen (secondary N) is 1. The van der Waals surface area contributed by atoms with E-state index >= 15 is 0 Å². The predicted octanol–water partition coefficient (Wildman–Crippen LogP) is -4.49. The fourth-order valence-electron chi connectivity index (χ4n) is 3.85. The van der Waals surface area contributed by atoms with Gasteiger partial charge in [0, 0.05) is 25.6 Å². The molecule has 2 aliphatic rings. The lowest BCUT2D eigenvalue weighted by molar-refractivity contribution is -0.160. The molecule has 0 aromatic carbocycles. The van der Waals surface area contributed by atoms with Gasteiger partial charge in [-0.2, -0.15) is 30.0 Å². The smallest absolute Gasteiger partial charge is 0.397 e. The highest BCUT2D eigenvalue weighted by molar-refractivity contribution is 7.83. The van der Waals surface area contributed by atoms with E-state index in [0.29, 0.717) is 0 Å². The third kappa shape index (κ3) is 8.85. The summed E-state index contributed by atoms with van der Waals surface area (Å²) in [5.41, 5.74) is 0. The Morgan fingerprint density at radius 3 is 2.15 bits per heavy atom. The number of nitrogens with zero attached hydrogens (tertiary/aromatic N) is 1. The minimum Gasteiger partial charge on any atom is -0.481 e. The molecule has 2 saturated heterocycles. The second kappa shape index (κ2) is 10.9. The van der Waals surface area contributed by atoms with Crippen LogP contribution < -0.4 is 4.72 Å². The molecule has 21 heteroatoms. The van der Waals surface area contributed by atoms with E-state index in [1.54, 1.807) is 4.72 Å². The number of aliphatic hydroxyl groups is 2. The van der Waals surface area contributed by atoms with Crippen molar-refractivity contribution in [3.05, 3.63) is 0 Å². The van der Waals surface area contributed by atoms with E-state index in [0.717, 1.165) is 0 Å². The second-order valence-electron chi connectivity index (χ2n) is 7.66. The number of piperidine rings is 1. The normalized spacial score (nSPS) is 34.1. The van der Waals surface area contributed by atoms with E-state index in [9.17, 15) is 49.9 Å². The van der Waals surface area contributed by atoms with E-state index in [-0.39, 0.29) is 6.54 Å². The molecule has 34 heavy (non-hydrogen) atoms. The second-order valence-corrected chi connectivity index (χ2v) is 11.0. The predicted molar refractivity (Wildman–Crippen MR) is 105 cm³/mol. The number of carboxylic acids is 1. The zero-order valence-corrected chi connectivity index (χ0v) is 19.5. The molecule has 18 nitrogen and oxygen atoms in total. The van der Waals surface area contributed by atoms with Gasteiger partial charge in [-0.05, 0) is 0 Å². The van der Waals surface area contributed by atoms with Gasteiger partial charge in [0.05, 0.1) is 43.5 Å². The Hall–Kier alpha value is -1.08. The van der Waals surface area contributed by atoms with Gasteiger partial charge in [-0.15, -0.1) is 0 Å². The summed E-state index contributed by atoms with van der Waals surface area (Å²) in [5, 5.41) is 29.2. The molecule has 0 bridgehead atoms. The van der Waals surface area contributed by atoms with Crippen LogP contribution in [-0.4, -0.2) is 128 Å². The van der Waals surface area contributed by atoms with E-state index < -0.39 is 106 Å². The van der Waals surface area contributed by atoms with Crippen LogP contribution in [0.15, 0.2) is 0 Å². The van der Waals surface area contributed by atoms with Gasteiger partial charge in [-0.25, -0.2) is 8.37 Å². The number of rotatable bonds is 10. The maximum absolute atomic E-state index is 11.4. The number of hydrogen-bond donors (Lipinski definition) is 7. The van der Waals surface area contributed by atoms with Crippen LogP contribution in [0.25, 0.3) is 0 Å². The third-order valence-electron chi connectivity index (χ3n) is 5.19. The summed E-state index contributed by atoms with van der Waals surface area (Å²) >= 11 is 0. The average Bonchev–Trinajstić information content (AvgIpc) is 2.63. The highest BCUT2D eigenvalue weighted by Crippen LogP contribution is 2.30. The van der Waals surface area contributed by atoms with E-state index in [1.165, 1.54) is 4.90 Å². The SMILES string of the molecule is O=C(O)C1CN(C[C@H]2C(COS(=O)(=O)O)OCC(NS(=O)(=O)O)[C@@H]2OS(=O)(=O)O)C[C@H](O)[C@@H]1O. The highest BCUT2D eigenvalue weighted by atomic mass is 32.3. The first-order valence-corrected chi connectivity index (χ1v) is 13.5. The van der Waals surface area contributed by atoms with Crippen molar-refractivity contribution in [2.24, 2.45) is 11.8 Å². The molecule has 7 N–H and O–H groups in total. The molecule has 200 valence electrons. The Morgan fingerprint density at radius 2 is 1.65 bits per heavy atom. The van der Waals surface area contributed by atoms with Gasteiger partial charge < -0.3 is 20.1 Å². The molecule has 0 aromatic heterocycles. The molecular formula is C13H24N2O16S3. The number of carboxylic acid groups (broad SMARTS) is 1. The molecule has 3 unspecified atom stereocenters. The molecule has 0 amide bonds. The number of ether oxygens (including phenoxy) is 1. The lowest BCUT2D eigenvalue weighted by Crippen LogP contribution is -2.63. The molecular weight excluding hydrogens is 536 g/mol.